The molecule has 3 nitrogen and oxygen atoms in total. The van der Waals surface area contributed by atoms with Crippen LogP contribution in [0.15, 0.2) is 18.2 Å². The minimum absolute atomic E-state index is 0.871. The molecule has 2 aromatic rings. The average Bonchev–Trinajstić information content (AvgIpc) is 2.46. The van der Waals surface area contributed by atoms with Gasteiger partial charge in [-0.25, -0.2) is 0 Å². The van der Waals surface area contributed by atoms with Gasteiger partial charge in [-0.05, 0) is 24.6 Å². The van der Waals surface area contributed by atoms with E-state index >= 15 is 0 Å². The molecule has 61 valence electrons. The van der Waals surface area contributed by atoms with Gasteiger partial charge in [0.15, 0.2) is 5.82 Å². The number of nitrogens with one attached hydrogen (secondary N) is 2. The van der Waals surface area contributed by atoms with Gasteiger partial charge in [-0.2, -0.15) is 5.10 Å². The molecule has 0 fully saturated rings. The Morgan fingerprint density at radius 3 is 3.08 bits per heavy atom. The molecule has 0 spiro atoms. The molecular weight excluding hydrogens is 150 g/mol. The predicted octanol–water partition coefficient (Wildman–Crippen LogP) is 1.79. The van der Waals surface area contributed by atoms with Crippen LogP contribution in [-0.4, -0.2) is 17.2 Å². The Morgan fingerprint density at radius 1 is 1.50 bits per heavy atom. The summed E-state index contributed by atoms with van der Waals surface area (Å²) in [7, 11) is 1.85. The van der Waals surface area contributed by atoms with Gasteiger partial charge in [0.25, 0.3) is 0 Å². The lowest BCUT2D eigenvalue weighted by Crippen LogP contribution is -1.87. The molecule has 1 radical (unpaired) electrons. The quantitative estimate of drug-likeness (QED) is 0.667. The van der Waals surface area contributed by atoms with Crippen LogP contribution in [-0.2, 0) is 0 Å². The number of benzene rings is 1. The Hall–Kier alpha value is -1.51. The molecule has 0 amide bonds. The fraction of sp³-hybridized carbons (Fsp3) is 0.111. The van der Waals surface area contributed by atoms with Crippen molar-refractivity contribution in [2.24, 2.45) is 0 Å². The molecule has 1 aromatic heterocycles. The van der Waals surface area contributed by atoms with Crippen LogP contribution < -0.4 is 5.32 Å². The van der Waals surface area contributed by atoms with E-state index in [0.29, 0.717) is 0 Å². The van der Waals surface area contributed by atoms with E-state index in [-0.39, 0.29) is 0 Å². The van der Waals surface area contributed by atoms with Gasteiger partial charge >= 0.3 is 0 Å². The van der Waals surface area contributed by atoms with Gasteiger partial charge in [0.05, 0.1) is 5.52 Å². The molecule has 0 atom stereocenters. The second-order valence-electron chi connectivity index (χ2n) is 2.70. The van der Waals surface area contributed by atoms with Crippen molar-refractivity contribution in [2.75, 3.05) is 12.4 Å². The Bertz CT molecular complexity index is 403. The zero-order valence-corrected chi connectivity index (χ0v) is 6.89. The zero-order chi connectivity index (χ0) is 8.55. The first-order valence-corrected chi connectivity index (χ1v) is 3.79. The van der Waals surface area contributed by atoms with Crippen molar-refractivity contribution in [1.82, 2.24) is 10.2 Å². The number of anilines is 1. The van der Waals surface area contributed by atoms with Gasteiger partial charge in [0.1, 0.15) is 0 Å². The van der Waals surface area contributed by atoms with E-state index in [1.54, 1.807) is 0 Å². The first kappa shape index (κ1) is 7.16. The highest BCUT2D eigenvalue weighted by Crippen LogP contribution is 2.20. The summed E-state index contributed by atoms with van der Waals surface area (Å²) < 4.78 is 0. The molecule has 0 unspecified atom stereocenters. The van der Waals surface area contributed by atoms with Crippen molar-refractivity contribution < 1.29 is 0 Å². The van der Waals surface area contributed by atoms with Crippen molar-refractivity contribution in [3.63, 3.8) is 0 Å². The number of hydrogen-bond acceptors (Lipinski definition) is 2. The van der Waals surface area contributed by atoms with Crippen LogP contribution in [0.3, 0.4) is 0 Å². The van der Waals surface area contributed by atoms with Crippen molar-refractivity contribution in [3.8, 4) is 0 Å². The van der Waals surface area contributed by atoms with E-state index in [9.17, 15) is 0 Å². The third-order valence-corrected chi connectivity index (χ3v) is 1.86. The Morgan fingerprint density at radius 2 is 2.33 bits per heavy atom. The minimum Gasteiger partial charge on any atom is -0.371 e. The van der Waals surface area contributed by atoms with Crippen LogP contribution in [0.25, 0.3) is 10.9 Å². The molecule has 2 rings (SSSR count). The lowest BCUT2D eigenvalue weighted by molar-refractivity contribution is 1.11. The maximum atomic E-state index is 4.09. The van der Waals surface area contributed by atoms with E-state index in [0.717, 1.165) is 22.3 Å². The second kappa shape index (κ2) is 2.52. The standard InChI is InChI=1S/C9H10N3/c1-6-3-4-8-7(5-6)9(10-2)12-11-8/h3-5H,1H2,2H3,(H2,10,11,12). The summed E-state index contributed by atoms with van der Waals surface area (Å²) in [5.41, 5.74) is 2.03. The number of H-pyrrole nitrogens is 1. The topological polar surface area (TPSA) is 40.7 Å². The molecule has 0 aliphatic rings. The smallest absolute Gasteiger partial charge is 0.155 e. The van der Waals surface area contributed by atoms with Crippen LogP contribution >= 0.6 is 0 Å². The summed E-state index contributed by atoms with van der Waals surface area (Å²) >= 11 is 0. The van der Waals surface area contributed by atoms with Gasteiger partial charge in [-0.15, -0.1) is 0 Å². The molecule has 0 aliphatic carbocycles. The van der Waals surface area contributed by atoms with E-state index in [1.165, 1.54) is 0 Å². The number of rotatable bonds is 1. The summed E-state index contributed by atoms with van der Waals surface area (Å²) in [4.78, 5) is 0. The second-order valence-corrected chi connectivity index (χ2v) is 2.70. The van der Waals surface area contributed by atoms with Crippen molar-refractivity contribution in [2.45, 2.75) is 0 Å². The number of aromatic nitrogens is 2. The fourth-order valence-electron chi connectivity index (χ4n) is 1.25. The lowest BCUT2D eigenvalue weighted by atomic mass is 10.2. The molecule has 1 aromatic carbocycles. The largest absolute Gasteiger partial charge is 0.371 e. The predicted molar refractivity (Wildman–Crippen MR) is 50.1 cm³/mol. The van der Waals surface area contributed by atoms with Crippen LogP contribution in [0.2, 0.25) is 0 Å². The normalized spacial score (nSPS) is 10.5. The average molecular weight is 160 g/mol. The minimum atomic E-state index is 0.871. The van der Waals surface area contributed by atoms with Gasteiger partial charge in [0, 0.05) is 12.4 Å². The van der Waals surface area contributed by atoms with Gasteiger partial charge < -0.3 is 5.32 Å². The molecule has 0 saturated carbocycles. The molecule has 2 N–H and O–H groups in total. The molecular formula is C9H10N3. The van der Waals surface area contributed by atoms with Gasteiger partial charge in [-0.1, -0.05) is 6.07 Å². The van der Waals surface area contributed by atoms with E-state index in [2.05, 4.69) is 22.4 Å². The molecule has 0 aliphatic heterocycles. The summed E-state index contributed by atoms with van der Waals surface area (Å²) in [6.07, 6.45) is 0. The highest BCUT2D eigenvalue weighted by Gasteiger charge is 2.01. The summed E-state index contributed by atoms with van der Waals surface area (Å²) in [6, 6.07) is 5.94. The third-order valence-electron chi connectivity index (χ3n) is 1.86. The van der Waals surface area contributed by atoms with E-state index < -0.39 is 0 Å². The van der Waals surface area contributed by atoms with Crippen molar-refractivity contribution in [1.29, 1.82) is 0 Å². The Balaban J connectivity index is 2.75. The first-order valence-electron chi connectivity index (χ1n) is 3.79. The number of hydrogen-bond donors (Lipinski definition) is 2. The highest BCUT2D eigenvalue weighted by molar-refractivity contribution is 5.90. The van der Waals surface area contributed by atoms with Crippen LogP contribution in [0, 0.1) is 6.92 Å². The zero-order valence-electron chi connectivity index (χ0n) is 6.89. The molecule has 12 heavy (non-hydrogen) atoms. The molecule has 3 heteroatoms. The summed E-state index contributed by atoms with van der Waals surface area (Å²) in [5.74, 6) is 0.871. The fourth-order valence-corrected chi connectivity index (χ4v) is 1.25. The maximum Gasteiger partial charge on any atom is 0.155 e. The Labute approximate surface area is 70.8 Å². The lowest BCUT2D eigenvalue weighted by Gasteiger charge is -1.94. The van der Waals surface area contributed by atoms with E-state index in [4.69, 9.17) is 0 Å². The molecule has 0 saturated heterocycles. The molecule has 1 heterocycles. The summed E-state index contributed by atoms with van der Waals surface area (Å²) in [5, 5.41) is 11.1. The Kier molecular flexibility index (Phi) is 1.50. The monoisotopic (exact) mass is 160 g/mol. The van der Waals surface area contributed by atoms with E-state index in [1.807, 2.05) is 25.2 Å². The van der Waals surface area contributed by atoms with Crippen LogP contribution in [0.4, 0.5) is 5.82 Å². The van der Waals surface area contributed by atoms with Crippen molar-refractivity contribution >= 4 is 16.7 Å². The van der Waals surface area contributed by atoms with Gasteiger partial charge in [-0.3, -0.25) is 5.10 Å². The highest BCUT2D eigenvalue weighted by atomic mass is 15.2. The van der Waals surface area contributed by atoms with Crippen molar-refractivity contribution in [3.05, 3.63) is 30.7 Å². The maximum absolute atomic E-state index is 4.09. The van der Waals surface area contributed by atoms with Gasteiger partial charge in [0.2, 0.25) is 0 Å². The third kappa shape index (κ3) is 0.942. The van der Waals surface area contributed by atoms with Crippen LogP contribution in [0.5, 0.6) is 0 Å². The number of aromatic amines is 1. The molecule has 0 bridgehead atoms. The number of fused-ring (bicyclic) bond motifs is 1. The van der Waals surface area contributed by atoms with Crippen LogP contribution in [0.1, 0.15) is 5.56 Å². The number of nitrogens with zero attached hydrogens (tertiary/aromatic N) is 1. The SMILES string of the molecule is [CH2]c1ccc2[nH]nc(NC)c2c1. The summed E-state index contributed by atoms with van der Waals surface area (Å²) in [6.45, 7) is 3.86. The first-order chi connectivity index (χ1) is 5.81.